The summed E-state index contributed by atoms with van der Waals surface area (Å²) < 4.78 is 0. The molecule has 0 aliphatic carbocycles. The molecule has 1 aromatic rings. The number of carbonyl (C=O) groups is 1. The van der Waals surface area contributed by atoms with Gasteiger partial charge >= 0.3 is 0 Å². The van der Waals surface area contributed by atoms with Crippen LogP contribution in [0.4, 0.5) is 11.4 Å². The monoisotopic (exact) mass is 249 g/mol. The molecule has 0 saturated carbocycles. The molecule has 0 fully saturated rings. The van der Waals surface area contributed by atoms with Crippen molar-refractivity contribution in [2.75, 3.05) is 5.32 Å². The number of nitrogens with zero attached hydrogens (tertiary/aromatic N) is 1. The summed E-state index contributed by atoms with van der Waals surface area (Å²) in [7, 11) is 0. The number of hydrogen-bond donors (Lipinski definition) is 2. The summed E-state index contributed by atoms with van der Waals surface area (Å²) in [6.07, 6.45) is 1.83. The fourth-order valence-electron chi connectivity index (χ4n) is 1.41. The highest BCUT2D eigenvalue weighted by atomic mass is 16.6. The first-order valence-electron chi connectivity index (χ1n) is 5.38. The van der Waals surface area contributed by atoms with Crippen molar-refractivity contribution in [2.24, 2.45) is 5.73 Å². The van der Waals surface area contributed by atoms with Gasteiger partial charge in [-0.3, -0.25) is 14.9 Å². The Morgan fingerprint density at radius 1 is 1.67 bits per heavy atom. The largest absolute Gasteiger partial charge is 0.320 e. The van der Waals surface area contributed by atoms with E-state index in [1.807, 2.05) is 0 Å². The van der Waals surface area contributed by atoms with Gasteiger partial charge in [0.2, 0.25) is 5.91 Å². The maximum absolute atomic E-state index is 11.7. The van der Waals surface area contributed by atoms with Crippen molar-refractivity contribution in [1.29, 1.82) is 0 Å². The van der Waals surface area contributed by atoms with E-state index < -0.39 is 16.9 Å². The first-order valence-corrected chi connectivity index (χ1v) is 5.38. The molecular formula is C12H15N3O3. The minimum absolute atomic E-state index is 0.144. The van der Waals surface area contributed by atoms with Crippen molar-refractivity contribution in [3.8, 4) is 0 Å². The van der Waals surface area contributed by atoms with Crippen LogP contribution in [0.15, 0.2) is 30.9 Å². The zero-order chi connectivity index (χ0) is 13.7. The van der Waals surface area contributed by atoms with Crippen molar-refractivity contribution < 1.29 is 9.72 Å². The molecule has 96 valence electrons. The van der Waals surface area contributed by atoms with Gasteiger partial charge in [-0.2, -0.15) is 0 Å². The molecule has 0 radical (unpaired) electrons. The topological polar surface area (TPSA) is 98.3 Å². The van der Waals surface area contributed by atoms with Crippen LogP contribution in [0.5, 0.6) is 0 Å². The van der Waals surface area contributed by atoms with E-state index in [1.165, 1.54) is 18.2 Å². The highest BCUT2D eigenvalue weighted by Crippen LogP contribution is 2.25. The van der Waals surface area contributed by atoms with Crippen LogP contribution < -0.4 is 11.1 Å². The predicted octanol–water partition coefficient (Wildman–Crippen LogP) is 1.75. The minimum atomic E-state index is -0.761. The van der Waals surface area contributed by atoms with Gasteiger partial charge in [-0.25, -0.2) is 0 Å². The maximum Gasteiger partial charge on any atom is 0.293 e. The molecule has 6 nitrogen and oxygen atoms in total. The summed E-state index contributed by atoms with van der Waals surface area (Å²) in [5.41, 5.74) is 6.33. The summed E-state index contributed by atoms with van der Waals surface area (Å²) >= 11 is 0. The number of hydrogen-bond acceptors (Lipinski definition) is 4. The number of nitrogens with one attached hydrogen (secondary N) is 1. The van der Waals surface area contributed by atoms with Crippen LogP contribution in [0.1, 0.15) is 12.0 Å². The van der Waals surface area contributed by atoms with Crippen molar-refractivity contribution >= 4 is 17.3 Å². The van der Waals surface area contributed by atoms with Crippen LogP contribution in [-0.2, 0) is 4.79 Å². The number of nitro benzene ring substituents is 1. The normalized spacial score (nSPS) is 11.7. The lowest BCUT2D eigenvalue weighted by molar-refractivity contribution is -0.384. The Morgan fingerprint density at radius 3 is 2.89 bits per heavy atom. The summed E-state index contributed by atoms with van der Waals surface area (Å²) in [5.74, 6) is -0.471. The second-order valence-corrected chi connectivity index (χ2v) is 3.90. The first kappa shape index (κ1) is 13.9. The van der Waals surface area contributed by atoms with E-state index in [4.69, 9.17) is 5.73 Å². The van der Waals surface area contributed by atoms with Gasteiger partial charge in [-0.15, -0.1) is 6.58 Å². The second kappa shape index (κ2) is 5.92. The lowest BCUT2D eigenvalue weighted by Gasteiger charge is -2.10. The first-order chi connectivity index (χ1) is 8.45. The number of benzene rings is 1. The molecule has 18 heavy (non-hydrogen) atoms. The van der Waals surface area contributed by atoms with Gasteiger partial charge in [0, 0.05) is 6.07 Å². The number of nitro groups is 1. The van der Waals surface area contributed by atoms with Gasteiger partial charge in [0.05, 0.1) is 11.0 Å². The minimum Gasteiger partial charge on any atom is -0.320 e. The van der Waals surface area contributed by atoms with Crippen LogP contribution >= 0.6 is 0 Å². The molecule has 0 heterocycles. The third-order valence-corrected chi connectivity index (χ3v) is 2.37. The van der Waals surface area contributed by atoms with Gasteiger partial charge < -0.3 is 11.1 Å². The number of carbonyl (C=O) groups excluding carboxylic acids is 1. The Labute approximate surface area is 105 Å². The molecule has 0 aliphatic rings. The SMILES string of the molecule is C=CCC(N)C(=O)Nc1ccc(C)cc1[N+](=O)[O-]. The molecule has 6 heteroatoms. The van der Waals surface area contributed by atoms with E-state index >= 15 is 0 Å². The zero-order valence-corrected chi connectivity index (χ0v) is 10.1. The summed E-state index contributed by atoms with van der Waals surface area (Å²) in [4.78, 5) is 22.0. The quantitative estimate of drug-likeness (QED) is 0.471. The number of nitrogens with two attached hydrogens (primary N) is 1. The Bertz CT molecular complexity index is 485. The van der Waals surface area contributed by atoms with Crippen molar-refractivity contribution in [3.63, 3.8) is 0 Å². The lowest BCUT2D eigenvalue weighted by atomic mass is 10.1. The number of rotatable bonds is 5. The van der Waals surface area contributed by atoms with E-state index in [1.54, 1.807) is 13.0 Å². The lowest BCUT2D eigenvalue weighted by Crippen LogP contribution is -2.35. The molecule has 1 amide bonds. The van der Waals surface area contributed by atoms with Crippen molar-refractivity contribution in [3.05, 3.63) is 46.5 Å². The predicted molar refractivity (Wildman–Crippen MR) is 69.3 cm³/mol. The standard InChI is InChI=1S/C12H15N3O3/c1-3-4-9(13)12(16)14-10-6-5-8(2)7-11(10)15(17)18/h3,5-7,9H,1,4,13H2,2H3,(H,14,16). The molecule has 1 atom stereocenters. The molecule has 1 rings (SSSR count). The number of anilines is 1. The van der Waals surface area contributed by atoms with E-state index in [0.29, 0.717) is 6.42 Å². The smallest absolute Gasteiger partial charge is 0.293 e. The van der Waals surface area contributed by atoms with E-state index in [9.17, 15) is 14.9 Å². The van der Waals surface area contributed by atoms with E-state index in [0.717, 1.165) is 5.56 Å². The van der Waals surface area contributed by atoms with Gasteiger partial charge in [0.15, 0.2) is 0 Å². The zero-order valence-electron chi connectivity index (χ0n) is 10.1. The second-order valence-electron chi connectivity index (χ2n) is 3.90. The Balaban J connectivity index is 2.93. The average molecular weight is 249 g/mol. The van der Waals surface area contributed by atoms with Crippen molar-refractivity contribution in [1.82, 2.24) is 0 Å². The number of aryl methyl sites for hydroxylation is 1. The molecular weight excluding hydrogens is 234 g/mol. The van der Waals surface area contributed by atoms with Gasteiger partial charge in [-0.05, 0) is 25.0 Å². The fraction of sp³-hybridized carbons (Fsp3) is 0.250. The average Bonchev–Trinajstić information content (AvgIpc) is 2.31. The molecule has 0 spiro atoms. The van der Waals surface area contributed by atoms with Gasteiger partial charge in [0.25, 0.3) is 5.69 Å². The fourth-order valence-corrected chi connectivity index (χ4v) is 1.41. The van der Waals surface area contributed by atoms with E-state index in [-0.39, 0.29) is 11.4 Å². The van der Waals surface area contributed by atoms with Crippen LogP contribution in [0.2, 0.25) is 0 Å². The molecule has 1 unspecified atom stereocenters. The molecule has 1 aromatic carbocycles. The Morgan fingerprint density at radius 2 is 2.33 bits per heavy atom. The highest BCUT2D eigenvalue weighted by molar-refractivity contribution is 5.96. The molecule has 0 aliphatic heterocycles. The van der Waals surface area contributed by atoms with Crippen LogP contribution in [0, 0.1) is 17.0 Å². The Hall–Kier alpha value is -2.21. The summed E-state index contributed by atoms with van der Waals surface area (Å²) in [6.45, 7) is 5.22. The number of amides is 1. The summed E-state index contributed by atoms with van der Waals surface area (Å²) in [5, 5.41) is 13.3. The van der Waals surface area contributed by atoms with E-state index in [2.05, 4.69) is 11.9 Å². The van der Waals surface area contributed by atoms with Gasteiger partial charge in [-0.1, -0.05) is 12.1 Å². The molecule has 0 aromatic heterocycles. The molecule has 0 bridgehead atoms. The third-order valence-electron chi connectivity index (χ3n) is 2.37. The molecule has 3 N–H and O–H groups in total. The molecule has 0 saturated heterocycles. The highest BCUT2D eigenvalue weighted by Gasteiger charge is 2.18. The van der Waals surface area contributed by atoms with Crippen molar-refractivity contribution in [2.45, 2.75) is 19.4 Å². The van der Waals surface area contributed by atoms with Gasteiger partial charge in [0.1, 0.15) is 5.69 Å². The van der Waals surface area contributed by atoms with Crippen LogP contribution in [-0.4, -0.2) is 16.9 Å². The van der Waals surface area contributed by atoms with Crippen LogP contribution in [0.25, 0.3) is 0 Å². The maximum atomic E-state index is 11.7. The Kier molecular flexibility index (Phi) is 4.56. The van der Waals surface area contributed by atoms with Crippen LogP contribution in [0.3, 0.4) is 0 Å². The summed E-state index contributed by atoms with van der Waals surface area (Å²) in [6, 6.07) is 3.81. The third kappa shape index (κ3) is 3.39.